The second kappa shape index (κ2) is 8.53. The summed E-state index contributed by atoms with van der Waals surface area (Å²) in [5.41, 5.74) is 0.162. The third-order valence-electron chi connectivity index (χ3n) is 3.83. The Morgan fingerprint density at radius 3 is 2.64 bits per heavy atom. The van der Waals surface area contributed by atoms with Crippen LogP contribution in [0.2, 0.25) is 0 Å². The number of hydrogen-bond donors (Lipinski definition) is 1. The highest BCUT2D eigenvalue weighted by molar-refractivity contribution is 5.94. The van der Waals surface area contributed by atoms with E-state index >= 15 is 0 Å². The minimum atomic E-state index is -0.793. The molecule has 2 aromatic heterocycles. The zero-order valence-corrected chi connectivity index (χ0v) is 15.1. The fraction of sp³-hybridized carbons (Fsp3) is 0.222. The van der Waals surface area contributed by atoms with Crippen LogP contribution in [0.1, 0.15) is 10.5 Å². The van der Waals surface area contributed by atoms with Gasteiger partial charge in [0.25, 0.3) is 0 Å². The number of ether oxygens (including phenoxy) is 2. The van der Waals surface area contributed by atoms with Crippen LogP contribution in [-0.2, 0) is 16.0 Å². The minimum absolute atomic E-state index is 0.0717. The summed E-state index contributed by atoms with van der Waals surface area (Å²) in [7, 11) is 2.78. The number of nitrogens with one attached hydrogen (secondary N) is 1. The molecule has 0 saturated carbocycles. The average molecular weight is 389 g/mol. The summed E-state index contributed by atoms with van der Waals surface area (Å²) in [6.45, 7) is 1.00. The van der Waals surface area contributed by atoms with E-state index in [9.17, 15) is 13.6 Å². The number of halogens is 2. The number of methoxy groups -OCH3 is 2. The Balaban J connectivity index is 1.99. The highest BCUT2D eigenvalue weighted by atomic mass is 19.1. The van der Waals surface area contributed by atoms with E-state index in [1.807, 2.05) is 0 Å². The molecule has 0 radical (unpaired) electrons. The minimum Gasteiger partial charge on any atom is -0.464 e. The van der Waals surface area contributed by atoms with Crippen molar-refractivity contribution in [3.63, 3.8) is 0 Å². The van der Waals surface area contributed by atoms with Gasteiger partial charge in [0.1, 0.15) is 17.3 Å². The summed E-state index contributed by atoms with van der Waals surface area (Å²) >= 11 is 0. The van der Waals surface area contributed by atoms with Gasteiger partial charge in [0.15, 0.2) is 5.69 Å². The van der Waals surface area contributed by atoms with E-state index in [1.165, 1.54) is 25.4 Å². The first-order valence-electron chi connectivity index (χ1n) is 8.22. The molecule has 2 heterocycles. The maximum absolute atomic E-state index is 14.1. The molecular weight excluding hydrogens is 372 g/mol. The van der Waals surface area contributed by atoms with Crippen molar-refractivity contribution in [1.82, 2.24) is 20.0 Å². The fourth-order valence-corrected chi connectivity index (χ4v) is 2.49. The van der Waals surface area contributed by atoms with Gasteiger partial charge in [-0.1, -0.05) is 6.07 Å². The summed E-state index contributed by atoms with van der Waals surface area (Å²) in [6.07, 6.45) is 3.21. The molecule has 28 heavy (non-hydrogen) atoms. The number of anilines is 2. The number of nitrogens with zero attached hydrogens (tertiary/aromatic N) is 4. The second-order valence-corrected chi connectivity index (χ2v) is 5.69. The maximum Gasteiger partial charge on any atom is 0.360 e. The molecular formula is C18H17F2N5O3. The quantitative estimate of drug-likeness (QED) is 0.621. The lowest BCUT2D eigenvalue weighted by Crippen LogP contribution is -2.10. The summed E-state index contributed by atoms with van der Waals surface area (Å²) in [5.74, 6) is -2.33. The van der Waals surface area contributed by atoms with Gasteiger partial charge in [0, 0.05) is 13.3 Å². The fourth-order valence-electron chi connectivity index (χ4n) is 2.49. The summed E-state index contributed by atoms with van der Waals surface area (Å²) in [5, 5.41) is 14.7. The first kappa shape index (κ1) is 19.4. The first-order chi connectivity index (χ1) is 13.5. The predicted molar refractivity (Wildman–Crippen MR) is 96.1 cm³/mol. The highest BCUT2D eigenvalue weighted by Crippen LogP contribution is 2.28. The number of benzene rings is 1. The maximum atomic E-state index is 14.1. The zero-order chi connectivity index (χ0) is 20.1. The van der Waals surface area contributed by atoms with Gasteiger partial charge in [-0.2, -0.15) is 5.10 Å². The van der Waals surface area contributed by atoms with Gasteiger partial charge in [-0.3, -0.25) is 4.68 Å². The van der Waals surface area contributed by atoms with Crippen molar-refractivity contribution in [2.24, 2.45) is 0 Å². The van der Waals surface area contributed by atoms with Crippen molar-refractivity contribution < 1.29 is 23.0 Å². The molecule has 0 spiro atoms. The Hall–Kier alpha value is -3.40. The van der Waals surface area contributed by atoms with Gasteiger partial charge < -0.3 is 14.8 Å². The lowest BCUT2D eigenvalue weighted by molar-refractivity contribution is 0.0594. The molecule has 1 aromatic carbocycles. The molecule has 0 saturated heterocycles. The Labute approximate surface area is 159 Å². The van der Waals surface area contributed by atoms with Gasteiger partial charge in [-0.05, 0) is 18.2 Å². The van der Waals surface area contributed by atoms with E-state index in [-0.39, 0.29) is 22.6 Å². The first-order valence-corrected chi connectivity index (χ1v) is 8.22. The smallest absolute Gasteiger partial charge is 0.360 e. The Kier molecular flexibility index (Phi) is 5.90. The standard InChI is InChI=1S/C18H17F2N5O3/c1-27-7-6-25-10-11(9-21-25)22-15-8-14(23-24-17(15)18(26)28-2)16-12(19)4-3-5-13(16)20/h3-5,8-10H,6-7H2,1-2H3,(H,22,23). The Bertz CT molecular complexity index is 973. The van der Waals surface area contributed by atoms with Crippen molar-refractivity contribution in [2.75, 3.05) is 26.1 Å². The van der Waals surface area contributed by atoms with Crippen molar-refractivity contribution in [2.45, 2.75) is 6.54 Å². The molecule has 10 heteroatoms. The van der Waals surface area contributed by atoms with Crippen LogP contribution < -0.4 is 5.32 Å². The molecule has 0 unspecified atom stereocenters. The highest BCUT2D eigenvalue weighted by Gasteiger charge is 2.20. The molecule has 0 fully saturated rings. The van der Waals surface area contributed by atoms with Crippen LogP contribution in [0.4, 0.5) is 20.2 Å². The van der Waals surface area contributed by atoms with Crippen LogP contribution in [0.15, 0.2) is 36.7 Å². The van der Waals surface area contributed by atoms with Crippen LogP contribution in [0.25, 0.3) is 11.3 Å². The SMILES string of the molecule is COCCn1cc(Nc2cc(-c3c(F)cccc3F)nnc2C(=O)OC)cn1. The van der Waals surface area contributed by atoms with Gasteiger partial charge in [0.05, 0.1) is 43.4 Å². The predicted octanol–water partition coefficient (Wildman–Crippen LogP) is 2.79. The number of hydrogen-bond acceptors (Lipinski definition) is 7. The van der Waals surface area contributed by atoms with Gasteiger partial charge in [-0.25, -0.2) is 13.6 Å². The molecule has 0 aliphatic heterocycles. The molecule has 146 valence electrons. The summed E-state index contributed by atoms with van der Waals surface area (Å²) < 4.78 is 39.5. The normalized spacial score (nSPS) is 10.7. The van der Waals surface area contributed by atoms with Crippen molar-refractivity contribution in [3.05, 3.63) is 54.0 Å². The molecule has 0 atom stereocenters. The zero-order valence-electron chi connectivity index (χ0n) is 15.1. The van der Waals surface area contributed by atoms with Crippen LogP contribution in [0.3, 0.4) is 0 Å². The molecule has 1 N–H and O–H groups in total. The van der Waals surface area contributed by atoms with Crippen molar-refractivity contribution in [1.29, 1.82) is 0 Å². The number of rotatable bonds is 7. The molecule has 3 rings (SSSR count). The lowest BCUT2D eigenvalue weighted by Gasteiger charge is -2.10. The second-order valence-electron chi connectivity index (χ2n) is 5.69. The van der Waals surface area contributed by atoms with Crippen LogP contribution in [0, 0.1) is 11.6 Å². The van der Waals surface area contributed by atoms with E-state index in [0.29, 0.717) is 18.8 Å². The van der Waals surface area contributed by atoms with Gasteiger partial charge >= 0.3 is 5.97 Å². The van der Waals surface area contributed by atoms with Crippen LogP contribution in [0.5, 0.6) is 0 Å². The molecule has 0 aliphatic rings. The van der Waals surface area contributed by atoms with Crippen LogP contribution >= 0.6 is 0 Å². The third-order valence-corrected chi connectivity index (χ3v) is 3.83. The summed E-state index contributed by atoms with van der Waals surface area (Å²) in [4.78, 5) is 12.0. The van der Waals surface area contributed by atoms with Crippen molar-refractivity contribution in [3.8, 4) is 11.3 Å². The molecule has 3 aromatic rings. The van der Waals surface area contributed by atoms with E-state index in [1.54, 1.807) is 18.0 Å². The largest absolute Gasteiger partial charge is 0.464 e. The topological polar surface area (TPSA) is 91.2 Å². The van der Waals surface area contributed by atoms with Gasteiger partial charge in [0.2, 0.25) is 0 Å². The Morgan fingerprint density at radius 1 is 1.21 bits per heavy atom. The van der Waals surface area contributed by atoms with Crippen LogP contribution in [-0.4, -0.2) is 46.8 Å². The van der Waals surface area contributed by atoms with E-state index in [2.05, 4.69) is 20.6 Å². The monoisotopic (exact) mass is 389 g/mol. The molecule has 8 nitrogen and oxygen atoms in total. The van der Waals surface area contributed by atoms with E-state index in [4.69, 9.17) is 9.47 Å². The molecule has 0 bridgehead atoms. The molecule has 0 amide bonds. The average Bonchev–Trinajstić information content (AvgIpc) is 3.13. The lowest BCUT2D eigenvalue weighted by atomic mass is 10.1. The van der Waals surface area contributed by atoms with Gasteiger partial charge in [-0.15, -0.1) is 10.2 Å². The number of carbonyl (C=O) groups excluding carboxylic acids is 1. The summed E-state index contributed by atoms with van der Waals surface area (Å²) in [6, 6.07) is 4.80. The van der Waals surface area contributed by atoms with E-state index in [0.717, 1.165) is 12.1 Å². The van der Waals surface area contributed by atoms with Crippen molar-refractivity contribution >= 4 is 17.3 Å². The number of carbonyl (C=O) groups is 1. The van der Waals surface area contributed by atoms with E-state index < -0.39 is 17.6 Å². The third kappa shape index (κ3) is 4.12. The molecule has 0 aliphatic carbocycles. The number of aromatic nitrogens is 4. The Morgan fingerprint density at radius 2 is 1.96 bits per heavy atom. The number of esters is 1.